The number of hydrogen-bond acceptors (Lipinski definition) is 7. The van der Waals surface area contributed by atoms with Gasteiger partial charge in [0.1, 0.15) is 0 Å². The fraction of sp³-hybridized carbons (Fsp3) is 0.316. The molecule has 4 N–H and O–H groups in total. The number of ether oxygens (including phenoxy) is 2. The van der Waals surface area contributed by atoms with Crippen LogP contribution in [-0.2, 0) is 38.8 Å². The van der Waals surface area contributed by atoms with E-state index in [1.807, 2.05) is 60.7 Å². The quantitative estimate of drug-likeness (QED) is 0.0674. The Morgan fingerprint density at radius 3 is 1.85 bits per heavy atom. The molecule has 0 saturated carbocycles. The summed E-state index contributed by atoms with van der Waals surface area (Å²) in [6.07, 6.45) is 1.20. The highest BCUT2D eigenvalue weighted by Gasteiger charge is 2.33. The predicted molar refractivity (Wildman–Crippen MR) is 179 cm³/mol. The van der Waals surface area contributed by atoms with Crippen molar-refractivity contribution in [2.24, 2.45) is 0 Å². The van der Waals surface area contributed by atoms with E-state index in [1.165, 1.54) is 11.1 Å². The van der Waals surface area contributed by atoms with Gasteiger partial charge in [-0.15, -0.1) is 0 Å². The maximum atomic E-state index is 12.4. The number of carbonyl (C=O) groups excluding carboxylic acids is 2. The number of hydrogen-bond donors (Lipinski definition) is 4. The molecule has 1 saturated heterocycles. The molecule has 0 unspecified atom stereocenters. The van der Waals surface area contributed by atoms with Gasteiger partial charge < -0.3 is 19.9 Å². The van der Waals surface area contributed by atoms with E-state index in [9.17, 15) is 14.7 Å². The second-order valence-corrected chi connectivity index (χ2v) is 11.9. The molecule has 4 aromatic carbocycles. The van der Waals surface area contributed by atoms with Gasteiger partial charge in [-0.05, 0) is 47.2 Å². The lowest BCUT2D eigenvalue weighted by Crippen LogP contribution is -2.39. The summed E-state index contributed by atoms with van der Waals surface area (Å²) in [6.45, 7) is 2.24. The molecular formula is C38H43N3O6. The number of aliphatic hydroxyl groups is 1. The molecule has 1 aliphatic heterocycles. The fourth-order valence-electron chi connectivity index (χ4n) is 5.76. The van der Waals surface area contributed by atoms with Gasteiger partial charge in [0.05, 0.1) is 18.8 Å². The van der Waals surface area contributed by atoms with Crippen molar-refractivity contribution >= 4 is 17.5 Å². The summed E-state index contributed by atoms with van der Waals surface area (Å²) in [5.74, 6) is -0.601. The Morgan fingerprint density at radius 1 is 0.702 bits per heavy atom. The minimum Gasteiger partial charge on any atom is -0.392 e. The van der Waals surface area contributed by atoms with Crippen LogP contribution in [0.2, 0.25) is 0 Å². The molecule has 1 aliphatic rings. The predicted octanol–water partition coefficient (Wildman–Crippen LogP) is 6.43. The molecule has 4 aromatic rings. The number of nitrogens with one attached hydrogen (secondary N) is 2. The molecule has 0 spiro atoms. The van der Waals surface area contributed by atoms with Crippen molar-refractivity contribution in [2.75, 3.05) is 11.9 Å². The smallest absolute Gasteiger partial charge is 0.243 e. The van der Waals surface area contributed by atoms with Crippen LogP contribution in [0.1, 0.15) is 72.3 Å². The van der Waals surface area contributed by atoms with Crippen LogP contribution in [-0.4, -0.2) is 39.7 Å². The van der Waals surface area contributed by atoms with Gasteiger partial charge in [0.25, 0.3) is 0 Å². The summed E-state index contributed by atoms with van der Waals surface area (Å²) >= 11 is 0. The number of rotatable bonds is 15. The third-order valence-corrected chi connectivity index (χ3v) is 8.22. The van der Waals surface area contributed by atoms with Gasteiger partial charge in [0, 0.05) is 50.1 Å². The number of amides is 2. The molecule has 1 fully saturated rings. The first-order valence-corrected chi connectivity index (χ1v) is 16.1. The fourth-order valence-corrected chi connectivity index (χ4v) is 5.76. The van der Waals surface area contributed by atoms with Crippen LogP contribution in [0.3, 0.4) is 0 Å². The third kappa shape index (κ3) is 10.6. The van der Waals surface area contributed by atoms with Gasteiger partial charge in [-0.1, -0.05) is 97.1 Å². The Hall–Kier alpha value is -4.38. The van der Waals surface area contributed by atoms with Crippen molar-refractivity contribution in [1.29, 1.82) is 0 Å². The maximum absolute atomic E-state index is 12.4. The number of hydroxylamine groups is 1. The summed E-state index contributed by atoms with van der Waals surface area (Å²) in [5, 5.41) is 21.1. The van der Waals surface area contributed by atoms with E-state index in [-0.39, 0.29) is 37.6 Å². The van der Waals surface area contributed by atoms with E-state index in [4.69, 9.17) is 14.7 Å². The number of benzene rings is 4. The summed E-state index contributed by atoms with van der Waals surface area (Å²) in [4.78, 5) is 26.0. The first kappa shape index (κ1) is 34.0. The van der Waals surface area contributed by atoms with Crippen LogP contribution >= 0.6 is 0 Å². The second-order valence-electron chi connectivity index (χ2n) is 11.9. The van der Waals surface area contributed by atoms with Crippen molar-refractivity contribution in [3.8, 4) is 0 Å². The highest BCUT2D eigenvalue weighted by atomic mass is 16.7. The van der Waals surface area contributed by atoms with Crippen LogP contribution in [0.25, 0.3) is 0 Å². The number of unbranched alkanes of at least 4 members (excludes halogenated alkanes) is 1. The Balaban J connectivity index is 1.30. The van der Waals surface area contributed by atoms with E-state index in [1.54, 1.807) is 5.48 Å². The molecule has 47 heavy (non-hydrogen) atoms. The Morgan fingerprint density at radius 2 is 1.28 bits per heavy atom. The minimum atomic E-state index is -0.617. The van der Waals surface area contributed by atoms with Gasteiger partial charge in [-0.2, -0.15) is 0 Å². The Labute approximate surface area is 276 Å². The standard InChI is InChI=1S/C38H43N3O6/c42-27-30-15-17-31(18-16-30)35-23-34(26-41(24-28-9-3-1-4-10-28)25-29-11-5-2-6-12-29)46-38(47-35)32-19-21-33(22-20-32)39-36(43)13-7-8-14-37(44)40-45/h1-6,9-12,15-22,34-35,38,42,45H,7-8,13-14,23-27H2,(H,39,43)(H,40,44)/t34-,35+,38+/m1/s1. The average Bonchev–Trinajstić information content (AvgIpc) is 3.11. The van der Waals surface area contributed by atoms with Gasteiger partial charge in [-0.25, -0.2) is 5.48 Å². The van der Waals surface area contributed by atoms with Gasteiger partial charge >= 0.3 is 0 Å². The van der Waals surface area contributed by atoms with E-state index in [0.29, 0.717) is 31.5 Å². The van der Waals surface area contributed by atoms with Gasteiger partial charge in [0.15, 0.2) is 6.29 Å². The lowest BCUT2D eigenvalue weighted by atomic mass is 9.99. The van der Waals surface area contributed by atoms with Crippen LogP contribution in [0.4, 0.5) is 5.69 Å². The number of nitrogens with zero attached hydrogens (tertiary/aromatic N) is 1. The largest absolute Gasteiger partial charge is 0.392 e. The molecule has 3 atom stereocenters. The molecule has 0 aliphatic carbocycles. The molecule has 1 heterocycles. The van der Waals surface area contributed by atoms with Crippen molar-refractivity contribution in [1.82, 2.24) is 10.4 Å². The van der Waals surface area contributed by atoms with E-state index >= 15 is 0 Å². The van der Waals surface area contributed by atoms with E-state index in [2.05, 4.69) is 58.7 Å². The van der Waals surface area contributed by atoms with Crippen molar-refractivity contribution < 1.29 is 29.4 Å². The van der Waals surface area contributed by atoms with Gasteiger partial charge in [-0.3, -0.25) is 19.7 Å². The lowest BCUT2D eigenvalue weighted by Gasteiger charge is -2.38. The van der Waals surface area contributed by atoms with Crippen LogP contribution in [0, 0.1) is 0 Å². The summed E-state index contributed by atoms with van der Waals surface area (Å²) in [6, 6.07) is 36.3. The molecule has 0 bridgehead atoms. The molecule has 0 radical (unpaired) electrons. The van der Waals surface area contributed by atoms with Crippen molar-refractivity contribution in [3.63, 3.8) is 0 Å². The number of aliphatic hydroxyl groups excluding tert-OH is 1. The van der Waals surface area contributed by atoms with E-state index < -0.39 is 12.2 Å². The maximum Gasteiger partial charge on any atom is 0.243 e. The Kier molecular flexibility index (Phi) is 12.7. The average molecular weight is 638 g/mol. The van der Waals surface area contributed by atoms with E-state index in [0.717, 1.165) is 29.8 Å². The van der Waals surface area contributed by atoms with Gasteiger partial charge in [0.2, 0.25) is 11.8 Å². The molecule has 9 heteroatoms. The third-order valence-electron chi connectivity index (χ3n) is 8.22. The zero-order valence-corrected chi connectivity index (χ0v) is 26.5. The van der Waals surface area contributed by atoms with Crippen molar-refractivity contribution in [3.05, 3.63) is 137 Å². The molecular weight excluding hydrogens is 594 g/mol. The lowest BCUT2D eigenvalue weighted by molar-refractivity contribution is -0.253. The molecule has 9 nitrogen and oxygen atoms in total. The monoisotopic (exact) mass is 637 g/mol. The van der Waals surface area contributed by atoms with Crippen LogP contribution in [0.15, 0.2) is 109 Å². The molecule has 2 amide bonds. The second kappa shape index (κ2) is 17.5. The normalized spacial score (nSPS) is 17.7. The first-order valence-electron chi connectivity index (χ1n) is 16.1. The molecule has 0 aromatic heterocycles. The van der Waals surface area contributed by atoms with Crippen molar-refractivity contribution in [2.45, 2.75) is 70.3 Å². The minimum absolute atomic E-state index is 0.0160. The number of anilines is 1. The van der Waals surface area contributed by atoms with Crippen LogP contribution in [0.5, 0.6) is 0 Å². The molecule has 5 rings (SSSR count). The zero-order valence-electron chi connectivity index (χ0n) is 26.5. The number of carbonyl (C=O) groups is 2. The highest BCUT2D eigenvalue weighted by molar-refractivity contribution is 5.90. The first-order chi connectivity index (χ1) is 23.0. The summed E-state index contributed by atoms with van der Waals surface area (Å²) < 4.78 is 13.2. The summed E-state index contributed by atoms with van der Waals surface area (Å²) in [5.41, 5.74) is 7.44. The highest BCUT2D eigenvalue weighted by Crippen LogP contribution is 2.38. The summed E-state index contributed by atoms with van der Waals surface area (Å²) in [7, 11) is 0. The molecule has 246 valence electrons. The topological polar surface area (TPSA) is 120 Å². The zero-order chi connectivity index (χ0) is 32.8. The SMILES string of the molecule is O=C(CCCCC(=O)Nc1ccc([C@H]2O[C@@H](CN(Cc3ccccc3)Cc3ccccc3)C[C@@H](c3ccc(CO)cc3)O2)cc1)NO. The Bertz CT molecular complexity index is 1490. The van der Waals surface area contributed by atoms with Crippen LogP contribution < -0.4 is 10.8 Å².